The van der Waals surface area contributed by atoms with Crippen molar-refractivity contribution in [2.75, 3.05) is 13.2 Å². The molecule has 0 fully saturated rings. The topological polar surface area (TPSA) is 228 Å². The molecule has 0 aromatic heterocycles. The predicted molar refractivity (Wildman–Crippen MR) is 148 cm³/mol. The fourth-order valence-electron chi connectivity index (χ4n) is 1.79. The molecular weight excluding hydrogens is 751 g/mol. The summed E-state index contributed by atoms with van der Waals surface area (Å²) >= 11 is 6.54. The number of benzene rings is 2. The third kappa shape index (κ3) is 24.1. The van der Waals surface area contributed by atoms with Crippen LogP contribution in [0.15, 0.2) is 65.3 Å². The van der Waals surface area contributed by atoms with Crippen LogP contribution < -0.4 is 10.2 Å². The Morgan fingerprint density at radius 1 is 0.800 bits per heavy atom. The first kappa shape index (κ1) is 44.1. The first-order valence-corrected chi connectivity index (χ1v) is 11.9. The maximum Gasteiger partial charge on any atom is 2.00 e. The number of nitriles is 2. The molecule has 12 nitrogen and oxygen atoms in total. The van der Waals surface area contributed by atoms with E-state index in [1.807, 2.05) is 0 Å². The molecule has 0 saturated carbocycles. The van der Waals surface area contributed by atoms with Gasteiger partial charge in [0.15, 0.2) is 0 Å². The van der Waals surface area contributed by atoms with E-state index in [-0.39, 0.29) is 70.9 Å². The van der Waals surface area contributed by atoms with E-state index in [9.17, 15) is 10.2 Å². The monoisotopic (exact) mass is 770 g/mol. The molecule has 16 heteroatoms. The van der Waals surface area contributed by atoms with Gasteiger partial charge in [-0.05, 0) is 49.2 Å². The van der Waals surface area contributed by atoms with Gasteiger partial charge in [0.05, 0.1) is 37.7 Å². The van der Waals surface area contributed by atoms with Crippen molar-refractivity contribution in [3.8, 4) is 23.9 Å². The Kier molecular flexibility index (Phi) is 32.0. The van der Waals surface area contributed by atoms with Gasteiger partial charge in [-0.1, -0.05) is 55.5 Å². The zero-order chi connectivity index (χ0) is 29.3. The largest absolute Gasteiger partial charge is 2.00 e. The molecule has 0 aliphatic heterocycles. The van der Waals surface area contributed by atoms with Gasteiger partial charge in [-0.3, -0.25) is 9.98 Å². The van der Waals surface area contributed by atoms with Crippen LogP contribution in [0.3, 0.4) is 0 Å². The second kappa shape index (κ2) is 29.0. The Balaban J connectivity index is -0.000000235. The number of hydrogen-bond donors (Lipinski definition) is 2. The van der Waals surface area contributed by atoms with Crippen LogP contribution in [0.25, 0.3) is 10.8 Å². The van der Waals surface area contributed by atoms with Crippen molar-refractivity contribution in [1.29, 1.82) is 10.5 Å². The van der Waals surface area contributed by atoms with Gasteiger partial charge in [-0.25, -0.2) is 0 Å². The van der Waals surface area contributed by atoms with Gasteiger partial charge in [0.2, 0.25) is 0 Å². The molecule has 2 aromatic carbocycles. The molecule has 0 saturated heterocycles. The Hall–Kier alpha value is -2.96. The van der Waals surface area contributed by atoms with Crippen molar-refractivity contribution in [2.24, 2.45) is 20.0 Å². The summed E-state index contributed by atoms with van der Waals surface area (Å²) in [5, 5.41) is 69.8. The number of hydrogen-bond acceptors (Lipinski definition) is 10. The predicted octanol–water partition coefficient (Wildman–Crippen LogP) is 3.06. The third-order valence-corrected chi connectivity index (χ3v) is 4.59. The van der Waals surface area contributed by atoms with Crippen LogP contribution in [0.4, 0.5) is 0 Å². The van der Waals surface area contributed by atoms with Crippen molar-refractivity contribution >= 4 is 56.3 Å². The molecule has 2 unspecified atom stereocenters. The SMILES string of the molecule is CC(CO)N=Cc1cc(Br)ccc1[O-].CC(CO)N=Cc1cc(Br)ccc1[O-].N#CN=C=[N-].N#CN=C=[N-].[Cu+2].[Cu+2]. The minimum atomic E-state index is -0.173. The first-order valence-electron chi connectivity index (χ1n) is 10.3. The Labute approximate surface area is 270 Å². The second-order valence-corrected chi connectivity index (χ2v) is 8.44. The van der Waals surface area contributed by atoms with E-state index in [0.717, 1.165) is 8.95 Å². The minimum absolute atomic E-state index is 0. The zero-order valence-electron chi connectivity index (χ0n) is 20.8. The molecular formula is C24H22Br2Cu2N8O4. The number of halogens is 2. The summed E-state index contributed by atoms with van der Waals surface area (Å²) in [6, 6.07) is 12.0. The molecule has 0 amide bonds. The molecule has 0 aliphatic carbocycles. The van der Waals surface area contributed by atoms with E-state index in [1.54, 1.807) is 38.1 Å². The average molecular weight is 773 g/mol. The maximum absolute atomic E-state index is 11.3. The Morgan fingerprint density at radius 2 is 1.12 bits per heavy atom. The van der Waals surface area contributed by atoms with E-state index in [1.165, 1.54) is 49.0 Å². The van der Waals surface area contributed by atoms with Crippen LogP contribution in [-0.4, -0.2) is 60.0 Å². The maximum atomic E-state index is 11.3. The zero-order valence-corrected chi connectivity index (χ0v) is 25.9. The summed E-state index contributed by atoms with van der Waals surface area (Å²) in [6.07, 6.45) is 5.55. The fourth-order valence-corrected chi connectivity index (χ4v) is 2.55. The average Bonchev–Trinajstić information content (AvgIpc) is 2.91. The molecule has 2 rings (SSSR count). The normalized spacial score (nSPS) is 10.3. The van der Waals surface area contributed by atoms with Crippen LogP contribution >= 0.6 is 31.9 Å². The Bertz CT molecular complexity index is 1140. The van der Waals surface area contributed by atoms with Crippen molar-refractivity contribution in [3.63, 3.8) is 0 Å². The number of rotatable bonds is 6. The third-order valence-electron chi connectivity index (χ3n) is 3.61. The van der Waals surface area contributed by atoms with Crippen LogP contribution in [0.2, 0.25) is 0 Å². The van der Waals surface area contributed by atoms with Gasteiger partial charge in [0.1, 0.15) is 0 Å². The van der Waals surface area contributed by atoms with Crippen LogP contribution in [0.5, 0.6) is 11.5 Å². The molecule has 0 heterocycles. The minimum Gasteiger partial charge on any atom is -0.872 e. The Morgan fingerprint density at radius 3 is 1.35 bits per heavy atom. The van der Waals surface area contributed by atoms with Crippen molar-refractivity contribution in [3.05, 3.63) is 67.3 Å². The van der Waals surface area contributed by atoms with Crippen molar-refractivity contribution in [1.82, 2.24) is 0 Å². The van der Waals surface area contributed by atoms with E-state index < -0.39 is 0 Å². The standard InChI is InChI=1S/2C10H12BrNO2.2C2N3.2Cu/c2*1-7(6-13)12-5-8-4-9(11)2-3-10(8)14;2*3-1-5-2-4;;/h2*2-5,7,13-14H,6H2,1H3;;;;/q;;2*-1;2*+2/p-2. The van der Waals surface area contributed by atoms with E-state index >= 15 is 0 Å². The number of aliphatic hydroxyl groups is 2. The van der Waals surface area contributed by atoms with Gasteiger partial charge in [0, 0.05) is 21.4 Å². The summed E-state index contributed by atoms with van der Waals surface area (Å²) in [6.45, 7) is 3.52. The van der Waals surface area contributed by atoms with E-state index in [0.29, 0.717) is 11.1 Å². The molecule has 218 valence electrons. The van der Waals surface area contributed by atoms with E-state index in [2.05, 4.69) is 51.8 Å². The van der Waals surface area contributed by atoms with Gasteiger partial charge >= 0.3 is 34.1 Å². The van der Waals surface area contributed by atoms with Gasteiger partial charge in [-0.15, -0.1) is 12.0 Å². The number of aliphatic imine (C=N–C) groups is 4. The van der Waals surface area contributed by atoms with Crippen molar-refractivity contribution < 1.29 is 54.6 Å². The molecule has 0 spiro atoms. The van der Waals surface area contributed by atoms with Crippen LogP contribution in [0.1, 0.15) is 25.0 Å². The fraction of sp³-hybridized carbons (Fsp3) is 0.250. The number of aliphatic hydroxyl groups excluding tert-OH is 2. The van der Waals surface area contributed by atoms with Gasteiger partial charge in [0.25, 0.3) is 0 Å². The molecule has 2 N–H and O–H groups in total. The quantitative estimate of drug-likeness (QED) is 0.255. The molecule has 40 heavy (non-hydrogen) atoms. The van der Waals surface area contributed by atoms with Crippen LogP contribution in [0, 0.1) is 22.9 Å². The summed E-state index contributed by atoms with van der Waals surface area (Å²) in [7, 11) is 0. The summed E-state index contributed by atoms with van der Waals surface area (Å²) in [4.78, 5) is 13.2. The van der Waals surface area contributed by atoms with Crippen molar-refractivity contribution in [2.45, 2.75) is 25.9 Å². The van der Waals surface area contributed by atoms with Crippen LogP contribution in [-0.2, 0) is 34.1 Å². The van der Waals surface area contributed by atoms with E-state index in [4.69, 9.17) is 31.6 Å². The number of nitrogens with zero attached hydrogens (tertiary/aromatic N) is 8. The second-order valence-electron chi connectivity index (χ2n) is 6.61. The summed E-state index contributed by atoms with van der Waals surface area (Å²) in [5.74, 6) is -0.135. The summed E-state index contributed by atoms with van der Waals surface area (Å²) < 4.78 is 1.69. The first-order chi connectivity index (χ1) is 18.1. The molecule has 2 atom stereocenters. The molecule has 0 aliphatic rings. The van der Waals surface area contributed by atoms with Gasteiger partial charge < -0.3 is 41.2 Å². The van der Waals surface area contributed by atoms with Gasteiger partial charge in [-0.2, -0.15) is 10.5 Å². The summed E-state index contributed by atoms with van der Waals surface area (Å²) in [5.41, 5.74) is 1.05. The molecule has 2 aromatic rings. The molecule has 2 radical (unpaired) electrons. The molecule has 0 bridgehead atoms. The smallest absolute Gasteiger partial charge is 0.872 e.